The number of nitrogens with zero attached hydrogens (tertiary/aromatic N) is 1. The summed E-state index contributed by atoms with van der Waals surface area (Å²) in [6, 6.07) is 7.99. The summed E-state index contributed by atoms with van der Waals surface area (Å²) in [5, 5.41) is 11.8. The number of aliphatic hydroxyl groups excluding tert-OH is 1. The fourth-order valence-electron chi connectivity index (χ4n) is 2.25. The second-order valence-corrected chi connectivity index (χ2v) is 6.95. The van der Waals surface area contributed by atoms with E-state index in [0.29, 0.717) is 13.1 Å². The zero-order valence-electron chi connectivity index (χ0n) is 13.8. The van der Waals surface area contributed by atoms with E-state index in [0.717, 1.165) is 5.75 Å². The lowest BCUT2D eigenvalue weighted by atomic mass is 9.87. The average Bonchev–Trinajstić information content (AvgIpc) is 2.39. The lowest BCUT2D eigenvalue weighted by Crippen LogP contribution is -2.59. The standard InChI is InChI=1S/C17H26N2O3/c1-12(20)9-18-16(21)19-10-15(11-19)22-14-7-5-13(6-8-14)17(2,3)4/h5-8,12,15,20H,9-11H2,1-4H3,(H,18,21)/t12-/m0/s1. The molecule has 1 atom stereocenters. The van der Waals surface area contributed by atoms with E-state index in [-0.39, 0.29) is 24.1 Å². The molecule has 22 heavy (non-hydrogen) atoms. The molecular weight excluding hydrogens is 280 g/mol. The van der Waals surface area contributed by atoms with Gasteiger partial charge in [-0.25, -0.2) is 4.79 Å². The van der Waals surface area contributed by atoms with E-state index >= 15 is 0 Å². The molecule has 2 N–H and O–H groups in total. The number of aliphatic hydroxyl groups is 1. The Kier molecular flexibility index (Phi) is 4.96. The molecule has 1 aliphatic rings. The number of urea groups is 1. The summed E-state index contributed by atoms with van der Waals surface area (Å²) in [6.45, 7) is 9.60. The van der Waals surface area contributed by atoms with Crippen LogP contribution in [0.2, 0.25) is 0 Å². The molecule has 5 nitrogen and oxygen atoms in total. The predicted molar refractivity (Wildman–Crippen MR) is 86.2 cm³/mol. The lowest BCUT2D eigenvalue weighted by Gasteiger charge is -2.39. The van der Waals surface area contributed by atoms with Gasteiger partial charge in [-0.3, -0.25) is 0 Å². The summed E-state index contributed by atoms with van der Waals surface area (Å²) in [6.07, 6.45) is -0.489. The molecule has 1 aliphatic heterocycles. The van der Waals surface area contributed by atoms with Crippen LogP contribution in [0.4, 0.5) is 4.79 Å². The van der Waals surface area contributed by atoms with Gasteiger partial charge in [0.15, 0.2) is 0 Å². The minimum atomic E-state index is -0.529. The fraction of sp³-hybridized carbons (Fsp3) is 0.588. The maximum Gasteiger partial charge on any atom is 0.317 e. The monoisotopic (exact) mass is 306 g/mol. The van der Waals surface area contributed by atoms with Gasteiger partial charge in [0.25, 0.3) is 0 Å². The highest BCUT2D eigenvalue weighted by Gasteiger charge is 2.32. The first-order valence-corrected chi connectivity index (χ1v) is 7.74. The van der Waals surface area contributed by atoms with E-state index in [9.17, 15) is 4.79 Å². The molecule has 0 radical (unpaired) electrons. The van der Waals surface area contributed by atoms with E-state index in [1.165, 1.54) is 5.56 Å². The number of benzene rings is 1. The normalized spacial score (nSPS) is 16.9. The number of hydrogen-bond donors (Lipinski definition) is 2. The number of likely N-dealkylation sites (tertiary alicyclic amines) is 1. The lowest BCUT2D eigenvalue weighted by molar-refractivity contribution is 0.0433. The predicted octanol–water partition coefficient (Wildman–Crippen LogP) is 2.14. The third kappa shape index (κ3) is 4.37. The minimum Gasteiger partial charge on any atom is -0.487 e. The molecule has 2 rings (SSSR count). The quantitative estimate of drug-likeness (QED) is 0.896. The summed E-state index contributed by atoms with van der Waals surface area (Å²) in [4.78, 5) is 13.4. The summed E-state index contributed by atoms with van der Waals surface area (Å²) in [5.41, 5.74) is 1.40. The molecule has 1 heterocycles. The molecule has 1 aromatic rings. The maximum absolute atomic E-state index is 11.7. The Hall–Kier alpha value is -1.75. The molecule has 1 fully saturated rings. The smallest absolute Gasteiger partial charge is 0.317 e. The van der Waals surface area contributed by atoms with Crippen molar-refractivity contribution in [3.05, 3.63) is 29.8 Å². The van der Waals surface area contributed by atoms with Crippen molar-refractivity contribution in [3.63, 3.8) is 0 Å². The van der Waals surface area contributed by atoms with Crippen molar-refractivity contribution in [2.24, 2.45) is 0 Å². The van der Waals surface area contributed by atoms with Crippen LogP contribution in [0.5, 0.6) is 5.75 Å². The van der Waals surface area contributed by atoms with E-state index in [1.54, 1.807) is 11.8 Å². The first-order valence-electron chi connectivity index (χ1n) is 7.74. The van der Waals surface area contributed by atoms with Gasteiger partial charge in [0.05, 0.1) is 19.2 Å². The first-order chi connectivity index (χ1) is 10.3. The SMILES string of the molecule is C[C@H](O)CNC(=O)N1CC(Oc2ccc(C(C)(C)C)cc2)C1. The van der Waals surface area contributed by atoms with Crippen molar-refractivity contribution >= 4 is 6.03 Å². The van der Waals surface area contributed by atoms with Crippen LogP contribution in [0.15, 0.2) is 24.3 Å². The van der Waals surface area contributed by atoms with Gasteiger partial charge in [0.2, 0.25) is 0 Å². The zero-order chi connectivity index (χ0) is 16.3. The van der Waals surface area contributed by atoms with Gasteiger partial charge in [-0.05, 0) is 30.0 Å². The highest BCUT2D eigenvalue weighted by Crippen LogP contribution is 2.25. The highest BCUT2D eigenvalue weighted by molar-refractivity contribution is 5.75. The molecule has 0 saturated carbocycles. The topological polar surface area (TPSA) is 61.8 Å². The van der Waals surface area contributed by atoms with Crippen molar-refractivity contribution in [3.8, 4) is 5.75 Å². The minimum absolute atomic E-state index is 0.0396. The van der Waals surface area contributed by atoms with Gasteiger partial charge in [0, 0.05) is 6.54 Å². The summed E-state index contributed by atoms with van der Waals surface area (Å²) >= 11 is 0. The number of hydrogen-bond acceptors (Lipinski definition) is 3. The Morgan fingerprint density at radius 2 is 1.95 bits per heavy atom. The van der Waals surface area contributed by atoms with Crippen LogP contribution in [-0.2, 0) is 5.41 Å². The van der Waals surface area contributed by atoms with Gasteiger partial charge in [-0.1, -0.05) is 32.9 Å². The Morgan fingerprint density at radius 1 is 1.36 bits per heavy atom. The largest absolute Gasteiger partial charge is 0.487 e. The van der Waals surface area contributed by atoms with Crippen LogP contribution in [0.1, 0.15) is 33.3 Å². The number of rotatable bonds is 4. The van der Waals surface area contributed by atoms with E-state index in [2.05, 4.69) is 38.2 Å². The molecule has 5 heteroatoms. The molecule has 1 aromatic carbocycles. The molecule has 0 aliphatic carbocycles. The Labute approximate surface area is 132 Å². The highest BCUT2D eigenvalue weighted by atomic mass is 16.5. The van der Waals surface area contributed by atoms with E-state index in [4.69, 9.17) is 9.84 Å². The van der Waals surface area contributed by atoms with Gasteiger partial charge < -0.3 is 20.1 Å². The molecule has 0 bridgehead atoms. The summed E-state index contributed by atoms with van der Waals surface area (Å²) in [5.74, 6) is 0.835. The van der Waals surface area contributed by atoms with Gasteiger partial charge in [0.1, 0.15) is 11.9 Å². The van der Waals surface area contributed by atoms with Crippen LogP contribution in [0, 0.1) is 0 Å². The van der Waals surface area contributed by atoms with Gasteiger partial charge in [-0.2, -0.15) is 0 Å². The van der Waals surface area contributed by atoms with Crippen molar-refractivity contribution in [1.82, 2.24) is 10.2 Å². The molecule has 0 unspecified atom stereocenters. The zero-order valence-corrected chi connectivity index (χ0v) is 13.8. The molecule has 122 valence electrons. The van der Waals surface area contributed by atoms with E-state index in [1.807, 2.05) is 12.1 Å². The second kappa shape index (κ2) is 6.57. The summed E-state index contributed by atoms with van der Waals surface area (Å²) < 4.78 is 5.85. The third-order valence-corrected chi connectivity index (χ3v) is 3.71. The van der Waals surface area contributed by atoms with Crippen LogP contribution in [0.25, 0.3) is 0 Å². The van der Waals surface area contributed by atoms with Gasteiger partial charge in [-0.15, -0.1) is 0 Å². The van der Waals surface area contributed by atoms with Crippen molar-refractivity contribution in [2.75, 3.05) is 19.6 Å². The summed E-state index contributed by atoms with van der Waals surface area (Å²) in [7, 11) is 0. The van der Waals surface area contributed by atoms with Crippen LogP contribution in [-0.4, -0.2) is 47.9 Å². The molecular formula is C17H26N2O3. The van der Waals surface area contributed by atoms with Crippen molar-refractivity contribution in [1.29, 1.82) is 0 Å². The Bertz CT molecular complexity index is 500. The number of nitrogens with one attached hydrogen (secondary N) is 1. The second-order valence-electron chi connectivity index (χ2n) is 6.95. The van der Waals surface area contributed by atoms with Crippen LogP contribution < -0.4 is 10.1 Å². The number of amides is 2. The van der Waals surface area contributed by atoms with Crippen LogP contribution >= 0.6 is 0 Å². The van der Waals surface area contributed by atoms with Gasteiger partial charge >= 0.3 is 6.03 Å². The average molecular weight is 306 g/mol. The first kappa shape index (κ1) is 16.6. The Morgan fingerprint density at radius 3 is 2.45 bits per heavy atom. The Balaban J connectivity index is 1.77. The van der Waals surface area contributed by atoms with Crippen LogP contribution in [0.3, 0.4) is 0 Å². The fourth-order valence-corrected chi connectivity index (χ4v) is 2.25. The molecule has 2 amide bonds. The molecule has 0 spiro atoms. The number of ether oxygens (including phenoxy) is 1. The molecule has 1 saturated heterocycles. The third-order valence-electron chi connectivity index (χ3n) is 3.71. The van der Waals surface area contributed by atoms with Crippen molar-refractivity contribution < 1.29 is 14.6 Å². The number of carbonyl (C=O) groups excluding carboxylic acids is 1. The maximum atomic E-state index is 11.7. The van der Waals surface area contributed by atoms with E-state index < -0.39 is 6.10 Å². The van der Waals surface area contributed by atoms with Crippen molar-refractivity contribution in [2.45, 2.75) is 45.3 Å². The number of carbonyl (C=O) groups is 1. The molecule has 0 aromatic heterocycles.